The maximum absolute atomic E-state index is 11.3. The van der Waals surface area contributed by atoms with E-state index in [1.54, 1.807) is 29.1 Å². The van der Waals surface area contributed by atoms with Crippen LogP contribution >= 0.6 is 0 Å². The fourth-order valence-corrected chi connectivity index (χ4v) is 2.19. The van der Waals surface area contributed by atoms with Crippen molar-refractivity contribution >= 4 is 17.1 Å². The van der Waals surface area contributed by atoms with Crippen molar-refractivity contribution in [1.82, 2.24) is 9.78 Å². The molecule has 2 N–H and O–H groups in total. The molecule has 0 bridgehead atoms. The van der Waals surface area contributed by atoms with E-state index in [-0.39, 0.29) is 10.6 Å². The SMILES string of the molecule is CCNc1cccc(NCCc2ccnn2C)c1[N+](=O)[O-]. The number of nitro benzene ring substituents is 1. The number of anilines is 2. The topological polar surface area (TPSA) is 85.0 Å². The van der Waals surface area contributed by atoms with E-state index in [1.807, 2.05) is 20.0 Å². The highest BCUT2D eigenvalue weighted by Crippen LogP contribution is 2.32. The summed E-state index contributed by atoms with van der Waals surface area (Å²) in [6.45, 7) is 3.15. The number of para-hydroxylation sites is 1. The van der Waals surface area contributed by atoms with Crippen molar-refractivity contribution in [1.29, 1.82) is 0 Å². The predicted octanol–water partition coefficient (Wildman–Crippen LogP) is 2.41. The summed E-state index contributed by atoms with van der Waals surface area (Å²) in [4.78, 5) is 10.9. The van der Waals surface area contributed by atoms with Crippen LogP contribution in [0.4, 0.5) is 17.1 Å². The second-order valence-corrected chi connectivity index (χ2v) is 4.61. The van der Waals surface area contributed by atoms with Crippen molar-refractivity contribution in [2.45, 2.75) is 13.3 Å². The Hall–Kier alpha value is -2.57. The smallest absolute Gasteiger partial charge is 0.315 e. The number of hydrogen-bond acceptors (Lipinski definition) is 5. The Balaban J connectivity index is 2.10. The third-order valence-corrected chi connectivity index (χ3v) is 3.20. The van der Waals surface area contributed by atoms with Crippen molar-refractivity contribution in [3.63, 3.8) is 0 Å². The summed E-state index contributed by atoms with van der Waals surface area (Å²) in [5.41, 5.74) is 2.23. The van der Waals surface area contributed by atoms with E-state index < -0.39 is 0 Å². The summed E-state index contributed by atoms with van der Waals surface area (Å²) >= 11 is 0. The first kappa shape index (κ1) is 14.8. The first-order valence-electron chi connectivity index (χ1n) is 6.85. The number of aromatic nitrogens is 2. The molecule has 112 valence electrons. The number of hydrogen-bond donors (Lipinski definition) is 2. The maximum atomic E-state index is 11.3. The lowest BCUT2D eigenvalue weighted by Crippen LogP contribution is -2.10. The number of nitrogens with zero attached hydrogens (tertiary/aromatic N) is 3. The fraction of sp³-hybridized carbons (Fsp3) is 0.357. The molecular weight excluding hydrogens is 270 g/mol. The molecule has 0 atom stereocenters. The Morgan fingerprint density at radius 2 is 2.00 bits per heavy atom. The molecule has 1 aromatic heterocycles. The highest BCUT2D eigenvalue weighted by atomic mass is 16.6. The molecule has 0 spiro atoms. The van der Waals surface area contributed by atoms with Gasteiger partial charge in [0.25, 0.3) is 0 Å². The van der Waals surface area contributed by atoms with Crippen LogP contribution in [0.1, 0.15) is 12.6 Å². The van der Waals surface area contributed by atoms with Crippen LogP contribution in [0.15, 0.2) is 30.5 Å². The monoisotopic (exact) mass is 289 g/mol. The van der Waals surface area contributed by atoms with E-state index in [0.29, 0.717) is 24.5 Å². The van der Waals surface area contributed by atoms with Gasteiger partial charge in [-0.1, -0.05) is 6.07 Å². The van der Waals surface area contributed by atoms with Gasteiger partial charge < -0.3 is 10.6 Å². The normalized spacial score (nSPS) is 10.4. The molecule has 0 aliphatic heterocycles. The van der Waals surface area contributed by atoms with Gasteiger partial charge in [-0.15, -0.1) is 0 Å². The van der Waals surface area contributed by atoms with Gasteiger partial charge in [0.15, 0.2) is 0 Å². The minimum absolute atomic E-state index is 0.0874. The number of nitro groups is 1. The minimum Gasteiger partial charge on any atom is -0.380 e. The molecule has 0 unspecified atom stereocenters. The lowest BCUT2D eigenvalue weighted by molar-refractivity contribution is -0.383. The molecule has 0 amide bonds. The van der Waals surface area contributed by atoms with Crippen molar-refractivity contribution in [2.75, 3.05) is 23.7 Å². The minimum atomic E-state index is -0.357. The molecule has 0 aliphatic carbocycles. The van der Waals surface area contributed by atoms with Gasteiger partial charge in [-0.3, -0.25) is 14.8 Å². The van der Waals surface area contributed by atoms with Crippen LogP contribution in [0.2, 0.25) is 0 Å². The highest BCUT2D eigenvalue weighted by Gasteiger charge is 2.18. The zero-order chi connectivity index (χ0) is 15.2. The van der Waals surface area contributed by atoms with Crippen LogP contribution in [-0.2, 0) is 13.5 Å². The van der Waals surface area contributed by atoms with Crippen molar-refractivity contribution in [2.24, 2.45) is 7.05 Å². The van der Waals surface area contributed by atoms with E-state index in [4.69, 9.17) is 0 Å². The summed E-state index contributed by atoms with van der Waals surface area (Å²) in [6, 6.07) is 7.18. The summed E-state index contributed by atoms with van der Waals surface area (Å²) in [7, 11) is 1.88. The largest absolute Gasteiger partial charge is 0.380 e. The number of aryl methyl sites for hydroxylation is 1. The molecule has 0 saturated carbocycles. The third-order valence-electron chi connectivity index (χ3n) is 3.20. The van der Waals surface area contributed by atoms with E-state index in [9.17, 15) is 10.1 Å². The number of benzene rings is 1. The van der Waals surface area contributed by atoms with E-state index >= 15 is 0 Å². The second kappa shape index (κ2) is 6.74. The molecule has 1 aromatic carbocycles. The van der Waals surface area contributed by atoms with Gasteiger partial charge in [0.05, 0.1) is 4.92 Å². The molecule has 0 aliphatic rings. The van der Waals surface area contributed by atoms with Gasteiger partial charge in [0, 0.05) is 38.4 Å². The summed E-state index contributed by atoms with van der Waals surface area (Å²) < 4.78 is 1.80. The van der Waals surface area contributed by atoms with Crippen LogP contribution in [-0.4, -0.2) is 27.8 Å². The Bertz CT molecular complexity index is 624. The first-order valence-corrected chi connectivity index (χ1v) is 6.85. The average Bonchev–Trinajstić information content (AvgIpc) is 2.85. The second-order valence-electron chi connectivity index (χ2n) is 4.61. The Kier molecular flexibility index (Phi) is 4.76. The Morgan fingerprint density at radius 3 is 2.57 bits per heavy atom. The summed E-state index contributed by atoms with van der Waals surface area (Å²) in [5, 5.41) is 21.5. The van der Waals surface area contributed by atoms with Gasteiger partial charge in [0.1, 0.15) is 11.4 Å². The van der Waals surface area contributed by atoms with Gasteiger partial charge in [0.2, 0.25) is 0 Å². The molecule has 2 aromatic rings. The number of nitrogens with one attached hydrogen (secondary N) is 2. The standard InChI is InChI=1S/C14H19N5O2/c1-3-15-12-5-4-6-13(14(12)19(20)21)16-9-7-11-8-10-17-18(11)2/h4-6,8,10,15-16H,3,7,9H2,1-2H3. The highest BCUT2D eigenvalue weighted by molar-refractivity contribution is 5.76. The molecule has 21 heavy (non-hydrogen) atoms. The third kappa shape index (κ3) is 3.50. The van der Waals surface area contributed by atoms with Crippen molar-refractivity contribution in [3.05, 3.63) is 46.3 Å². The van der Waals surface area contributed by atoms with Gasteiger partial charge >= 0.3 is 5.69 Å². The van der Waals surface area contributed by atoms with Crippen LogP contribution in [0.5, 0.6) is 0 Å². The van der Waals surface area contributed by atoms with Crippen molar-refractivity contribution in [3.8, 4) is 0 Å². The fourth-order valence-electron chi connectivity index (χ4n) is 2.19. The van der Waals surface area contributed by atoms with Crippen LogP contribution in [0, 0.1) is 10.1 Å². The molecule has 1 heterocycles. The molecule has 7 nitrogen and oxygen atoms in total. The summed E-state index contributed by atoms with van der Waals surface area (Å²) in [5.74, 6) is 0. The molecule has 0 radical (unpaired) electrons. The molecule has 0 fully saturated rings. The van der Waals surface area contributed by atoms with Crippen molar-refractivity contribution < 1.29 is 4.92 Å². The van der Waals surface area contributed by atoms with Gasteiger partial charge in [-0.25, -0.2) is 0 Å². The summed E-state index contributed by atoms with van der Waals surface area (Å²) in [6.07, 6.45) is 2.49. The average molecular weight is 289 g/mol. The molecule has 7 heteroatoms. The van der Waals surface area contributed by atoms with Crippen LogP contribution in [0.3, 0.4) is 0 Å². The lowest BCUT2D eigenvalue weighted by atomic mass is 10.2. The van der Waals surface area contributed by atoms with Gasteiger partial charge in [-0.2, -0.15) is 5.10 Å². The number of rotatable bonds is 7. The van der Waals surface area contributed by atoms with E-state index in [1.165, 1.54) is 0 Å². The molecule has 0 saturated heterocycles. The lowest BCUT2D eigenvalue weighted by Gasteiger charge is -2.11. The Morgan fingerprint density at radius 1 is 1.29 bits per heavy atom. The molecule has 2 rings (SSSR count). The van der Waals surface area contributed by atoms with Crippen LogP contribution < -0.4 is 10.6 Å². The zero-order valence-corrected chi connectivity index (χ0v) is 12.2. The zero-order valence-electron chi connectivity index (χ0n) is 12.2. The van der Waals surface area contributed by atoms with E-state index in [2.05, 4.69) is 15.7 Å². The first-order chi connectivity index (χ1) is 10.1. The van der Waals surface area contributed by atoms with Gasteiger partial charge in [-0.05, 0) is 25.1 Å². The van der Waals surface area contributed by atoms with E-state index in [0.717, 1.165) is 12.1 Å². The Labute approximate surface area is 123 Å². The predicted molar refractivity (Wildman–Crippen MR) is 82.7 cm³/mol. The quantitative estimate of drug-likeness (QED) is 0.604. The van der Waals surface area contributed by atoms with Crippen LogP contribution in [0.25, 0.3) is 0 Å². The molecular formula is C14H19N5O2. The maximum Gasteiger partial charge on any atom is 0.315 e.